The quantitative estimate of drug-likeness (QED) is 0.778. The number of carbonyl (C=O) groups excluding carboxylic acids is 1. The molecule has 0 fully saturated rings. The lowest BCUT2D eigenvalue weighted by atomic mass is 10.3. The van der Waals surface area contributed by atoms with Crippen LogP contribution in [0.3, 0.4) is 0 Å². The van der Waals surface area contributed by atoms with Gasteiger partial charge in [0.25, 0.3) is 5.91 Å². The zero-order valence-corrected chi connectivity index (χ0v) is 10.4. The van der Waals surface area contributed by atoms with E-state index >= 15 is 0 Å². The van der Waals surface area contributed by atoms with E-state index in [1.165, 1.54) is 0 Å². The molecule has 1 N–H and O–H groups in total. The van der Waals surface area contributed by atoms with Crippen LogP contribution in [0.1, 0.15) is 16.2 Å². The summed E-state index contributed by atoms with van der Waals surface area (Å²) in [5.41, 5.74) is 1.32. The first-order chi connectivity index (χ1) is 7.58. The van der Waals surface area contributed by atoms with E-state index in [2.05, 4.69) is 10.4 Å². The maximum atomic E-state index is 11.8. The first kappa shape index (κ1) is 13.0. The fraction of sp³-hybridized carbons (Fsp3) is 0.600. The largest absolute Gasteiger partial charge is 0.383 e. The zero-order chi connectivity index (χ0) is 12.1. The zero-order valence-electron chi connectivity index (χ0n) is 9.66. The van der Waals surface area contributed by atoms with Gasteiger partial charge in [-0.3, -0.25) is 9.48 Å². The molecule has 1 amide bonds. The van der Waals surface area contributed by atoms with Crippen LogP contribution in [0.2, 0.25) is 0 Å². The highest BCUT2D eigenvalue weighted by molar-refractivity contribution is 6.18. The molecule has 1 unspecified atom stereocenters. The third-order valence-electron chi connectivity index (χ3n) is 2.12. The molecule has 1 aromatic rings. The fourth-order valence-corrected chi connectivity index (χ4v) is 1.57. The average molecular weight is 246 g/mol. The Morgan fingerprint density at radius 3 is 2.88 bits per heavy atom. The minimum atomic E-state index is -0.189. The molecule has 1 aromatic heterocycles. The number of halogens is 1. The predicted molar refractivity (Wildman–Crippen MR) is 61.8 cm³/mol. The average Bonchev–Trinajstić information content (AvgIpc) is 2.57. The van der Waals surface area contributed by atoms with Crippen LogP contribution in [-0.4, -0.2) is 41.3 Å². The van der Waals surface area contributed by atoms with Gasteiger partial charge < -0.3 is 10.1 Å². The molecule has 0 saturated heterocycles. The highest BCUT2D eigenvalue weighted by Crippen LogP contribution is 2.02. The van der Waals surface area contributed by atoms with Gasteiger partial charge in [0.05, 0.1) is 18.3 Å². The first-order valence-electron chi connectivity index (χ1n) is 4.95. The van der Waals surface area contributed by atoms with Crippen LogP contribution in [0.5, 0.6) is 0 Å². The van der Waals surface area contributed by atoms with Crippen LogP contribution in [-0.2, 0) is 11.8 Å². The smallest absolute Gasteiger partial charge is 0.269 e. The van der Waals surface area contributed by atoms with E-state index in [1.54, 1.807) is 24.9 Å². The molecule has 0 saturated carbocycles. The number of nitrogens with one attached hydrogen (secondary N) is 1. The molecule has 0 radical (unpaired) electrons. The fourth-order valence-electron chi connectivity index (χ4n) is 1.41. The van der Waals surface area contributed by atoms with E-state index in [-0.39, 0.29) is 11.9 Å². The molecule has 0 aliphatic heterocycles. The third kappa shape index (κ3) is 3.21. The van der Waals surface area contributed by atoms with E-state index < -0.39 is 0 Å². The molecular weight excluding hydrogens is 230 g/mol. The van der Waals surface area contributed by atoms with E-state index in [0.29, 0.717) is 18.2 Å². The number of amides is 1. The Hall–Kier alpha value is -1.07. The molecule has 0 spiro atoms. The van der Waals surface area contributed by atoms with E-state index in [9.17, 15) is 4.79 Å². The second-order valence-electron chi connectivity index (χ2n) is 3.57. The minimum absolute atomic E-state index is 0.186. The van der Waals surface area contributed by atoms with Crippen molar-refractivity contribution < 1.29 is 9.53 Å². The van der Waals surface area contributed by atoms with Crippen molar-refractivity contribution in [2.75, 3.05) is 19.6 Å². The molecular formula is C10H16ClN3O2. The van der Waals surface area contributed by atoms with Crippen molar-refractivity contribution in [3.8, 4) is 0 Å². The van der Waals surface area contributed by atoms with Crippen LogP contribution in [0.25, 0.3) is 0 Å². The lowest BCUT2D eigenvalue weighted by Crippen LogP contribution is -2.40. The molecule has 90 valence electrons. The summed E-state index contributed by atoms with van der Waals surface area (Å²) in [5.74, 6) is 0.127. The Morgan fingerprint density at radius 2 is 2.44 bits per heavy atom. The molecule has 0 aliphatic rings. The highest BCUT2D eigenvalue weighted by atomic mass is 35.5. The maximum absolute atomic E-state index is 11.8. The Bertz CT molecular complexity index is 365. The second kappa shape index (κ2) is 5.86. The van der Waals surface area contributed by atoms with Crippen molar-refractivity contribution in [1.29, 1.82) is 0 Å². The molecule has 1 atom stereocenters. The van der Waals surface area contributed by atoms with Crippen molar-refractivity contribution in [3.63, 3.8) is 0 Å². The lowest BCUT2D eigenvalue weighted by molar-refractivity contribution is 0.0897. The number of alkyl halides is 1. The molecule has 0 aliphatic carbocycles. The Balaban J connectivity index is 2.67. The number of nitrogens with zero attached hydrogens (tertiary/aromatic N) is 2. The monoisotopic (exact) mass is 245 g/mol. The van der Waals surface area contributed by atoms with Gasteiger partial charge >= 0.3 is 0 Å². The number of aromatic nitrogens is 2. The topological polar surface area (TPSA) is 56.1 Å². The number of aryl methyl sites for hydroxylation is 2. The molecule has 0 bridgehead atoms. The van der Waals surface area contributed by atoms with Crippen molar-refractivity contribution in [3.05, 3.63) is 17.5 Å². The van der Waals surface area contributed by atoms with Crippen LogP contribution >= 0.6 is 11.6 Å². The lowest BCUT2D eigenvalue weighted by Gasteiger charge is -2.14. The number of methoxy groups -OCH3 is 1. The summed E-state index contributed by atoms with van der Waals surface area (Å²) in [5, 5.41) is 6.88. The predicted octanol–water partition coefficient (Wildman–Crippen LogP) is 0.712. The molecule has 0 aromatic carbocycles. The third-order valence-corrected chi connectivity index (χ3v) is 2.50. The Morgan fingerprint density at radius 1 is 1.75 bits per heavy atom. The van der Waals surface area contributed by atoms with Gasteiger partial charge in [-0.2, -0.15) is 5.10 Å². The van der Waals surface area contributed by atoms with Crippen LogP contribution in [0.15, 0.2) is 6.07 Å². The molecule has 16 heavy (non-hydrogen) atoms. The van der Waals surface area contributed by atoms with Crippen molar-refractivity contribution in [2.45, 2.75) is 13.0 Å². The number of ether oxygens (including phenoxy) is 1. The maximum Gasteiger partial charge on any atom is 0.269 e. The summed E-state index contributed by atoms with van der Waals surface area (Å²) >= 11 is 5.71. The van der Waals surface area contributed by atoms with Gasteiger partial charge in [0.2, 0.25) is 0 Å². The van der Waals surface area contributed by atoms with Crippen molar-refractivity contribution >= 4 is 17.5 Å². The van der Waals surface area contributed by atoms with Crippen LogP contribution in [0.4, 0.5) is 0 Å². The SMILES string of the molecule is COCC(CCl)NC(=O)c1cc(C)nn1C. The first-order valence-corrected chi connectivity index (χ1v) is 5.48. The standard InChI is InChI=1S/C10H16ClN3O2/c1-7-4-9(14(2)13-7)10(15)12-8(5-11)6-16-3/h4,8H,5-6H2,1-3H3,(H,12,15). The van der Waals surface area contributed by atoms with E-state index in [1.807, 2.05) is 6.92 Å². The van der Waals surface area contributed by atoms with Gasteiger partial charge in [0.1, 0.15) is 5.69 Å². The number of hydrogen-bond donors (Lipinski definition) is 1. The molecule has 1 heterocycles. The highest BCUT2D eigenvalue weighted by Gasteiger charge is 2.16. The summed E-state index contributed by atoms with van der Waals surface area (Å²) in [6, 6.07) is 1.54. The van der Waals surface area contributed by atoms with Crippen LogP contribution < -0.4 is 5.32 Å². The van der Waals surface area contributed by atoms with Gasteiger partial charge in [0, 0.05) is 20.0 Å². The van der Waals surface area contributed by atoms with Gasteiger partial charge in [-0.15, -0.1) is 11.6 Å². The number of hydrogen-bond acceptors (Lipinski definition) is 3. The van der Waals surface area contributed by atoms with Gasteiger partial charge in [-0.25, -0.2) is 0 Å². The molecule has 5 nitrogen and oxygen atoms in total. The van der Waals surface area contributed by atoms with Gasteiger partial charge in [-0.05, 0) is 13.0 Å². The Kier molecular flexibility index (Phi) is 4.76. The summed E-state index contributed by atoms with van der Waals surface area (Å²) < 4.78 is 6.49. The summed E-state index contributed by atoms with van der Waals surface area (Å²) in [4.78, 5) is 11.8. The number of carbonyl (C=O) groups is 1. The van der Waals surface area contributed by atoms with Crippen molar-refractivity contribution in [1.82, 2.24) is 15.1 Å². The number of rotatable bonds is 5. The second-order valence-corrected chi connectivity index (χ2v) is 3.88. The molecule has 1 rings (SSSR count). The van der Waals surface area contributed by atoms with Crippen molar-refractivity contribution in [2.24, 2.45) is 7.05 Å². The van der Waals surface area contributed by atoms with Crippen LogP contribution in [0, 0.1) is 6.92 Å². The van der Waals surface area contributed by atoms with Gasteiger partial charge in [-0.1, -0.05) is 0 Å². The normalized spacial score (nSPS) is 12.5. The van der Waals surface area contributed by atoms with E-state index in [0.717, 1.165) is 5.69 Å². The summed E-state index contributed by atoms with van der Waals surface area (Å²) in [7, 11) is 3.30. The van der Waals surface area contributed by atoms with E-state index in [4.69, 9.17) is 16.3 Å². The van der Waals surface area contributed by atoms with Gasteiger partial charge in [0.15, 0.2) is 0 Å². The minimum Gasteiger partial charge on any atom is -0.383 e. The Labute approximate surface area is 99.7 Å². The summed E-state index contributed by atoms with van der Waals surface area (Å²) in [6.07, 6.45) is 0. The molecule has 6 heteroatoms. The summed E-state index contributed by atoms with van der Waals surface area (Å²) in [6.45, 7) is 2.23.